The number of non-ortho nitro benzene ring substituents is 1. The average Bonchev–Trinajstić information content (AvgIpc) is 3.48. The molecule has 5 rings (SSSR count). The molecule has 0 radical (unpaired) electrons. The molecule has 47 heavy (non-hydrogen) atoms. The Morgan fingerprint density at radius 3 is 2.40 bits per heavy atom. The number of nitrogens with two attached hydrogens (primary N) is 1. The van der Waals surface area contributed by atoms with Crippen molar-refractivity contribution < 1.29 is 24.0 Å². The second-order valence-corrected chi connectivity index (χ2v) is 12.3. The first-order valence-corrected chi connectivity index (χ1v) is 16.0. The number of nitrogens with one attached hydrogen (secondary N) is 1. The molecule has 4 aromatic rings. The molecule has 0 spiro atoms. The normalized spacial score (nSPS) is 13.4. The zero-order valence-corrected chi connectivity index (χ0v) is 26.7. The van der Waals surface area contributed by atoms with Gasteiger partial charge in [-0.25, -0.2) is 0 Å². The molecule has 1 aliphatic heterocycles. The molecule has 12 heteroatoms. The SMILES string of the molecule is CCOC(=O)Cc1cc2c(s1)CCN(C(=O)[C@H](Cc1ccc([N+](=O)[O-])cc1)NC(=O)c1ccc(C(N)=NCc3ccccc3)cc1)C2. The number of nitro benzene ring substituents is 1. The van der Waals surface area contributed by atoms with E-state index in [1.54, 1.807) is 59.6 Å². The minimum absolute atomic E-state index is 0.0630. The number of fused-ring (bicyclic) bond motifs is 1. The molecule has 2 heterocycles. The molecule has 0 bridgehead atoms. The number of hydrogen-bond acceptors (Lipinski definition) is 8. The lowest BCUT2D eigenvalue weighted by Gasteiger charge is -2.31. The van der Waals surface area contributed by atoms with Crippen LogP contribution in [0.5, 0.6) is 0 Å². The number of benzene rings is 3. The molecule has 3 aromatic carbocycles. The summed E-state index contributed by atoms with van der Waals surface area (Å²) in [6.07, 6.45) is 0.948. The third-order valence-corrected chi connectivity index (χ3v) is 9.00. The van der Waals surface area contributed by atoms with Crippen molar-refractivity contribution in [3.8, 4) is 0 Å². The lowest BCUT2D eigenvalue weighted by molar-refractivity contribution is -0.384. The summed E-state index contributed by atoms with van der Waals surface area (Å²) in [5.41, 5.74) is 9.80. The summed E-state index contributed by atoms with van der Waals surface area (Å²) in [6, 6.07) is 23.4. The predicted octanol–water partition coefficient (Wildman–Crippen LogP) is 4.59. The standard InChI is InChI=1S/C35H35N5O6S/c1-2-46-32(41)20-29-19-27-22-39(17-16-31(27)47-29)35(43)30(18-23-8-14-28(15-9-23)40(44)45)38-34(42)26-12-10-25(11-13-26)33(36)37-21-24-6-4-3-5-7-24/h3-15,19,30H,2,16-18,20-22H2,1H3,(H2,36,37)(H,38,42)/t30-/m0/s1. The van der Waals surface area contributed by atoms with E-state index in [1.165, 1.54) is 12.1 Å². The number of carbonyl (C=O) groups excluding carboxylic acids is 3. The van der Waals surface area contributed by atoms with E-state index in [1.807, 2.05) is 36.4 Å². The summed E-state index contributed by atoms with van der Waals surface area (Å²) in [5.74, 6) is -0.661. The Morgan fingerprint density at radius 2 is 1.72 bits per heavy atom. The molecule has 3 N–H and O–H groups in total. The number of nitro groups is 1. The second kappa shape index (κ2) is 15.3. The highest BCUT2D eigenvalue weighted by molar-refractivity contribution is 7.12. The van der Waals surface area contributed by atoms with Gasteiger partial charge in [0.05, 0.1) is 24.5 Å². The van der Waals surface area contributed by atoms with Crippen LogP contribution in [0.3, 0.4) is 0 Å². The Hall–Kier alpha value is -5.36. The third kappa shape index (κ3) is 8.67. The molecule has 2 amide bonds. The maximum Gasteiger partial charge on any atom is 0.311 e. The minimum Gasteiger partial charge on any atom is -0.466 e. The summed E-state index contributed by atoms with van der Waals surface area (Å²) in [4.78, 5) is 58.2. The highest BCUT2D eigenvalue weighted by Crippen LogP contribution is 2.29. The van der Waals surface area contributed by atoms with Gasteiger partial charge in [0.25, 0.3) is 11.6 Å². The van der Waals surface area contributed by atoms with Crippen LogP contribution in [-0.2, 0) is 46.7 Å². The molecule has 0 unspecified atom stereocenters. The van der Waals surface area contributed by atoms with E-state index < -0.39 is 16.9 Å². The fraction of sp³-hybridized carbons (Fsp3) is 0.257. The number of carbonyl (C=O) groups is 3. The molecule has 0 saturated carbocycles. The second-order valence-electron chi connectivity index (χ2n) is 11.1. The highest BCUT2D eigenvalue weighted by atomic mass is 32.1. The molecule has 242 valence electrons. The highest BCUT2D eigenvalue weighted by Gasteiger charge is 2.30. The number of amidine groups is 1. The van der Waals surface area contributed by atoms with Crippen LogP contribution < -0.4 is 11.1 Å². The molecule has 11 nitrogen and oxygen atoms in total. The summed E-state index contributed by atoms with van der Waals surface area (Å²) >= 11 is 1.55. The molecule has 0 fully saturated rings. The number of rotatable bonds is 12. The lowest BCUT2D eigenvalue weighted by Crippen LogP contribution is -2.50. The molecule has 0 aliphatic carbocycles. The maximum absolute atomic E-state index is 14.0. The van der Waals surface area contributed by atoms with Crippen LogP contribution in [0.25, 0.3) is 0 Å². The van der Waals surface area contributed by atoms with E-state index in [4.69, 9.17) is 10.5 Å². The minimum atomic E-state index is -0.930. The van der Waals surface area contributed by atoms with Gasteiger partial charge < -0.3 is 20.7 Å². The third-order valence-electron chi connectivity index (χ3n) is 7.76. The molecular weight excluding hydrogens is 618 g/mol. The van der Waals surface area contributed by atoms with Gasteiger partial charge in [0.1, 0.15) is 11.9 Å². The number of thiophene rings is 1. The number of ether oxygens (including phenoxy) is 1. The van der Waals surface area contributed by atoms with Gasteiger partial charge in [-0.3, -0.25) is 29.5 Å². The summed E-state index contributed by atoms with van der Waals surface area (Å²) in [7, 11) is 0. The average molecular weight is 654 g/mol. The van der Waals surface area contributed by atoms with Crippen molar-refractivity contribution in [1.82, 2.24) is 10.2 Å². The quantitative estimate of drug-likeness (QED) is 0.0744. The zero-order valence-electron chi connectivity index (χ0n) is 25.9. The first kappa shape index (κ1) is 33.0. The summed E-state index contributed by atoms with van der Waals surface area (Å²) < 4.78 is 5.08. The Balaban J connectivity index is 1.30. The van der Waals surface area contributed by atoms with Crippen LogP contribution in [-0.4, -0.2) is 52.6 Å². The van der Waals surface area contributed by atoms with Crippen LogP contribution in [0.2, 0.25) is 0 Å². The Morgan fingerprint density at radius 1 is 1.02 bits per heavy atom. The van der Waals surface area contributed by atoms with Gasteiger partial charge in [0, 0.05) is 52.5 Å². The van der Waals surface area contributed by atoms with E-state index in [-0.39, 0.29) is 30.4 Å². The fourth-order valence-electron chi connectivity index (χ4n) is 5.32. The number of nitrogens with zero attached hydrogens (tertiary/aromatic N) is 3. The van der Waals surface area contributed by atoms with Gasteiger partial charge in [0.2, 0.25) is 5.91 Å². The molecular formula is C35H35N5O6S. The topological polar surface area (TPSA) is 157 Å². The van der Waals surface area contributed by atoms with Crippen molar-refractivity contribution in [2.45, 2.75) is 45.3 Å². The van der Waals surface area contributed by atoms with Crippen molar-refractivity contribution in [2.24, 2.45) is 10.7 Å². The van der Waals surface area contributed by atoms with Crippen molar-refractivity contribution in [2.75, 3.05) is 13.2 Å². The Bertz CT molecular complexity index is 1770. The van der Waals surface area contributed by atoms with Crippen LogP contribution >= 0.6 is 11.3 Å². The number of esters is 1. The van der Waals surface area contributed by atoms with E-state index in [0.29, 0.717) is 55.2 Å². The summed E-state index contributed by atoms with van der Waals surface area (Å²) in [5, 5.41) is 14.1. The van der Waals surface area contributed by atoms with Crippen molar-refractivity contribution in [1.29, 1.82) is 0 Å². The van der Waals surface area contributed by atoms with Gasteiger partial charge in [-0.1, -0.05) is 54.6 Å². The van der Waals surface area contributed by atoms with Crippen molar-refractivity contribution >= 4 is 40.6 Å². The largest absolute Gasteiger partial charge is 0.466 e. The first-order chi connectivity index (χ1) is 22.7. The smallest absolute Gasteiger partial charge is 0.311 e. The van der Waals surface area contributed by atoms with Gasteiger partial charge in [0.15, 0.2) is 0 Å². The molecule has 0 saturated heterocycles. The number of amides is 2. The van der Waals surface area contributed by atoms with Gasteiger partial charge in [-0.2, -0.15) is 0 Å². The van der Waals surface area contributed by atoms with E-state index >= 15 is 0 Å². The Labute approximate surface area is 276 Å². The fourth-order valence-corrected chi connectivity index (χ4v) is 6.47. The maximum atomic E-state index is 14.0. The van der Waals surface area contributed by atoms with Gasteiger partial charge in [-0.05, 0) is 48.2 Å². The first-order valence-electron chi connectivity index (χ1n) is 15.2. The number of hydrogen-bond donors (Lipinski definition) is 2. The van der Waals surface area contributed by atoms with E-state index in [9.17, 15) is 24.5 Å². The van der Waals surface area contributed by atoms with Crippen LogP contribution in [0, 0.1) is 10.1 Å². The predicted molar refractivity (Wildman–Crippen MR) is 179 cm³/mol. The van der Waals surface area contributed by atoms with Crippen LogP contribution in [0.4, 0.5) is 5.69 Å². The van der Waals surface area contributed by atoms with Crippen LogP contribution in [0.1, 0.15) is 49.3 Å². The summed E-state index contributed by atoms with van der Waals surface area (Å²) in [6.45, 7) is 3.30. The van der Waals surface area contributed by atoms with Gasteiger partial charge >= 0.3 is 5.97 Å². The monoisotopic (exact) mass is 653 g/mol. The Kier molecular flexibility index (Phi) is 10.7. The van der Waals surface area contributed by atoms with Crippen molar-refractivity contribution in [3.05, 3.63) is 133 Å². The van der Waals surface area contributed by atoms with Gasteiger partial charge in [-0.15, -0.1) is 11.3 Å². The molecule has 1 aromatic heterocycles. The van der Waals surface area contributed by atoms with Crippen LogP contribution in [0.15, 0.2) is 89.9 Å². The zero-order chi connectivity index (χ0) is 33.3. The lowest BCUT2D eigenvalue weighted by atomic mass is 10.0. The number of aliphatic imine (C=N–C) groups is 1. The van der Waals surface area contributed by atoms with E-state index in [0.717, 1.165) is 20.9 Å². The molecule has 1 atom stereocenters. The van der Waals surface area contributed by atoms with Crippen molar-refractivity contribution in [3.63, 3.8) is 0 Å². The van der Waals surface area contributed by atoms with E-state index in [2.05, 4.69) is 10.3 Å². The molecule has 1 aliphatic rings.